The lowest BCUT2D eigenvalue weighted by Crippen LogP contribution is -2.49. The van der Waals surface area contributed by atoms with E-state index in [1.165, 1.54) is 13.0 Å². The van der Waals surface area contributed by atoms with Gasteiger partial charge in [-0.25, -0.2) is 9.59 Å². The number of urea groups is 1. The van der Waals surface area contributed by atoms with Crippen LogP contribution in [-0.2, 0) is 4.79 Å². The molecule has 0 aliphatic carbocycles. The van der Waals surface area contributed by atoms with Crippen molar-refractivity contribution in [2.45, 2.75) is 19.1 Å². The number of carboxylic acids is 1. The largest absolute Gasteiger partial charge is 0.480 e. The number of amides is 2. The molecule has 6 nitrogen and oxygen atoms in total. The molecule has 8 heteroatoms. The standard InChI is InChI=1S/C11H12BrClN2O4/c1-5(16)9(10(17)18)15-11(19)14-8-4-6(13)2-3-7(8)12/h2-5,9,16H,1H3,(H,17,18)(H2,14,15,19)/t5-,9+/m1/s1. The van der Waals surface area contributed by atoms with Crippen molar-refractivity contribution in [2.24, 2.45) is 0 Å². The number of carbonyl (C=O) groups is 2. The number of benzene rings is 1. The fourth-order valence-corrected chi connectivity index (χ4v) is 1.80. The number of aliphatic carboxylic acids is 1. The quantitative estimate of drug-likeness (QED) is 0.667. The van der Waals surface area contributed by atoms with Crippen LogP contribution in [0, 0.1) is 0 Å². The summed E-state index contributed by atoms with van der Waals surface area (Å²) < 4.78 is 0.593. The van der Waals surface area contributed by atoms with Gasteiger partial charge in [0.25, 0.3) is 0 Å². The normalized spacial score (nSPS) is 13.5. The van der Waals surface area contributed by atoms with Crippen molar-refractivity contribution >= 4 is 45.2 Å². The van der Waals surface area contributed by atoms with Crippen molar-refractivity contribution < 1.29 is 19.8 Å². The number of carboxylic acid groups (broad SMARTS) is 1. The van der Waals surface area contributed by atoms with Gasteiger partial charge in [0.15, 0.2) is 6.04 Å². The minimum atomic E-state index is -1.39. The maximum absolute atomic E-state index is 11.6. The molecular formula is C11H12BrClN2O4. The minimum Gasteiger partial charge on any atom is -0.480 e. The lowest BCUT2D eigenvalue weighted by molar-refractivity contribution is -0.141. The number of hydrogen-bond donors (Lipinski definition) is 4. The van der Waals surface area contributed by atoms with E-state index in [2.05, 4.69) is 26.6 Å². The zero-order valence-corrected chi connectivity index (χ0v) is 12.2. The minimum absolute atomic E-state index is 0.389. The van der Waals surface area contributed by atoms with Crippen molar-refractivity contribution in [2.75, 3.05) is 5.32 Å². The third-order valence-electron chi connectivity index (χ3n) is 2.21. The molecule has 0 fully saturated rings. The lowest BCUT2D eigenvalue weighted by Gasteiger charge is -2.17. The number of aliphatic hydroxyl groups is 1. The van der Waals surface area contributed by atoms with Crippen LogP contribution in [0.1, 0.15) is 6.92 Å². The van der Waals surface area contributed by atoms with Gasteiger partial charge in [0.05, 0.1) is 11.8 Å². The summed E-state index contributed by atoms with van der Waals surface area (Å²) in [5.41, 5.74) is 0.389. The lowest BCUT2D eigenvalue weighted by atomic mass is 10.2. The molecule has 19 heavy (non-hydrogen) atoms. The second-order valence-electron chi connectivity index (χ2n) is 3.78. The molecule has 0 spiro atoms. The Kier molecular flexibility index (Phi) is 5.59. The molecule has 2 atom stereocenters. The third kappa shape index (κ3) is 4.70. The molecule has 0 saturated carbocycles. The van der Waals surface area contributed by atoms with Crippen LogP contribution in [-0.4, -0.2) is 34.4 Å². The van der Waals surface area contributed by atoms with Gasteiger partial charge >= 0.3 is 12.0 Å². The van der Waals surface area contributed by atoms with Gasteiger partial charge in [0, 0.05) is 9.50 Å². The number of nitrogens with one attached hydrogen (secondary N) is 2. The van der Waals surface area contributed by atoms with Crippen molar-refractivity contribution in [3.8, 4) is 0 Å². The van der Waals surface area contributed by atoms with E-state index in [4.69, 9.17) is 16.7 Å². The molecule has 0 saturated heterocycles. The fourth-order valence-electron chi connectivity index (χ4n) is 1.28. The summed E-state index contributed by atoms with van der Waals surface area (Å²) in [5, 5.41) is 23.1. The van der Waals surface area contributed by atoms with Crippen molar-refractivity contribution in [1.29, 1.82) is 0 Å². The van der Waals surface area contributed by atoms with Gasteiger partial charge < -0.3 is 20.8 Å². The number of halogens is 2. The fraction of sp³-hybridized carbons (Fsp3) is 0.273. The van der Waals surface area contributed by atoms with Crippen LogP contribution in [0.4, 0.5) is 10.5 Å². The zero-order chi connectivity index (χ0) is 14.6. The Hall–Kier alpha value is -1.31. The Balaban J connectivity index is 2.74. The van der Waals surface area contributed by atoms with Crippen LogP contribution in [0.3, 0.4) is 0 Å². The molecule has 104 valence electrons. The first-order valence-corrected chi connectivity index (χ1v) is 6.42. The van der Waals surface area contributed by atoms with E-state index >= 15 is 0 Å². The maximum atomic E-state index is 11.6. The van der Waals surface area contributed by atoms with Gasteiger partial charge in [-0.1, -0.05) is 11.6 Å². The Bertz CT molecular complexity index is 496. The Labute approximate surface area is 122 Å². The van der Waals surface area contributed by atoms with Gasteiger partial charge in [-0.15, -0.1) is 0 Å². The molecule has 0 unspecified atom stereocenters. The third-order valence-corrected chi connectivity index (χ3v) is 3.14. The molecule has 0 aliphatic heterocycles. The van der Waals surface area contributed by atoms with Crippen LogP contribution in [0.15, 0.2) is 22.7 Å². The Morgan fingerprint density at radius 3 is 2.58 bits per heavy atom. The monoisotopic (exact) mass is 350 g/mol. The highest BCUT2D eigenvalue weighted by atomic mass is 79.9. The summed E-state index contributed by atoms with van der Waals surface area (Å²) in [4.78, 5) is 22.5. The van der Waals surface area contributed by atoms with E-state index < -0.39 is 24.1 Å². The smallest absolute Gasteiger partial charge is 0.328 e. The van der Waals surface area contributed by atoms with Gasteiger partial charge in [0.1, 0.15) is 0 Å². The highest BCUT2D eigenvalue weighted by Gasteiger charge is 2.25. The Morgan fingerprint density at radius 1 is 1.42 bits per heavy atom. The van der Waals surface area contributed by atoms with E-state index in [9.17, 15) is 14.7 Å². The predicted molar refractivity (Wildman–Crippen MR) is 74.4 cm³/mol. The van der Waals surface area contributed by atoms with Crippen molar-refractivity contribution in [3.63, 3.8) is 0 Å². The van der Waals surface area contributed by atoms with Crippen LogP contribution < -0.4 is 10.6 Å². The van der Waals surface area contributed by atoms with E-state index in [0.29, 0.717) is 15.2 Å². The van der Waals surface area contributed by atoms with E-state index in [-0.39, 0.29) is 0 Å². The van der Waals surface area contributed by atoms with Crippen LogP contribution in [0.2, 0.25) is 5.02 Å². The first-order chi connectivity index (χ1) is 8.81. The van der Waals surface area contributed by atoms with Gasteiger partial charge in [-0.05, 0) is 41.1 Å². The highest BCUT2D eigenvalue weighted by molar-refractivity contribution is 9.10. The average molecular weight is 352 g/mol. The molecule has 2 amide bonds. The second-order valence-corrected chi connectivity index (χ2v) is 5.07. The summed E-state index contributed by atoms with van der Waals surface area (Å²) in [6.45, 7) is 1.27. The van der Waals surface area contributed by atoms with Crippen LogP contribution in [0.5, 0.6) is 0 Å². The summed E-state index contributed by atoms with van der Waals surface area (Å²) in [7, 11) is 0. The first kappa shape index (κ1) is 15.7. The first-order valence-electron chi connectivity index (χ1n) is 5.24. The number of anilines is 1. The molecule has 0 aliphatic rings. The SMILES string of the molecule is C[C@@H](O)[C@H](NC(=O)Nc1cc(Cl)ccc1Br)C(=O)O. The predicted octanol–water partition coefficient (Wildman–Crippen LogP) is 2.06. The Morgan fingerprint density at radius 2 is 2.05 bits per heavy atom. The summed E-state index contributed by atoms with van der Waals surface area (Å²) >= 11 is 9.00. The second kappa shape index (κ2) is 6.74. The van der Waals surface area contributed by atoms with Crippen molar-refractivity contribution in [1.82, 2.24) is 5.32 Å². The molecule has 0 heterocycles. The van der Waals surface area contributed by atoms with Gasteiger partial charge in [-0.2, -0.15) is 0 Å². The highest BCUT2D eigenvalue weighted by Crippen LogP contribution is 2.25. The van der Waals surface area contributed by atoms with E-state index in [1.807, 2.05) is 0 Å². The van der Waals surface area contributed by atoms with Gasteiger partial charge in [-0.3, -0.25) is 0 Å². The number of hydrogen-bond acceptors (Lipinski definition) is 3. The van der Waals surface area contributed by atoms with E-state index in [1.54, 1.807) is 12.1 Å². The van der Waals surface area contributed by atoms with E-state index in [0.717, 1.165) is 0 Å². The molecule has 1 aromatic rings. The molecule has 0 aromatic heterocycles. The molecule has 4 N–H and O–H groups in total. The average Bonchev–Trinajstić information content (AvgIpc) is 2.30. The number of aliphatic hydroxyl groups excluding tert-OH is 1. The van der Waals surface area contributed by atoms with Crippen LogP contribution in [0.25, 0.3) is 0 Å². The summed E-state index contributed by atoms with van der Waals surface area (Å²) in [6, 6.07) is 2.63. The van der Waals surface area contributed by atoms with Crippen molar-refractivity contribution in [3.05, 3.63) is 27.7 Å². The zero-order valence-electron chi connectivity index (χ0n) is 9.85. The maximum Gasteiger partial charge on any atom is 0.328 e. The number of carbonyl (C=O) groups excluding carboxylic acids is 1. The molecular weight excluding hydrogens is 339 g/mol. The molecule has 0 bridgehead atoms. The topological polar surface area (TPSA) is 98.7 Å². The molecule has 0 radical (unpaired) electrons. The van der Waals surface area contributed by atoms with Crippen LogP contribution >= 0.6 is 27.5 Å². The summed E-state index contributed by atoms with van der Waals surface area (Å²) in [5.74, 6) is -1.32. The molecule has 1 aromatic carbocycles. The molecule has 1 rings (SSSR count). The van der Waals surface area contributed by atoms with Gasteiger partial charge in [0.2, 0.25) is 0 Å². The number of rotatable bonds is 4. The summed E-state index contributed by atoms with van der Waals surface area (Å²) in [6.07, 6.45) is -1.22.